The quantitative estimate of drug-likeness (QED) is 0.801. The van der Waals surface area contributed by atoms with Crippen LogP contribution in [0.15, 0.2) is 30.5 Å². The van der Waals surface area contributed by atoms with Gasteiger partial charge in [0, 0.05) is 24.2 Å². The molecule has 0 unspecified atom stereocenters. The molecule has 0 saturated heterocycles. The van der Waals surface area contributed by atoms with E-state index >= 15 is 0 Å². The van der Waals surface area contributed by atoms with Crippen LogP contribution in [0.2, 0.25) is 0 Å². The normalized spacial score (nSPS) is 10.6. The highest BCUT2D eigenvalue weighted by molar-refractivity contribution is 5.88. The molecule has 0 aliphatic heterocycles. The molecule has 16 heavy (non-hydrogen) atoms. The minimum Gasteiger partial charge on any atom is -0.424 e. The molecule has 1 N–H and O–H groups in total. The molecule has 4 nitrogen and oxygen atoms in total. The van der Waals surface area contributed by atoms with Gasteiger partial charge in [-0.1, -0.05) is 12.1 Å². The van der Waals surface area contributed by atoms with Crippen molar-refractivity contribution in [2.24, 2.45) is 0 Å². The second-order valence-electron chi connectivity index (χ2n) is 3.42. The van der Waals surface area contributed by atoms with Crippen LogP contribution in [-0.2, 0) is 9.53 Å². The second kappa shape index (κ2) is 4.81. The SMILES string of the molecule is COCCC(=O)Oc1c[nH]c2ccccc12. The third-order valence-corrected chi connectivity index (χ3v) is 2.29. The predicted octanol–water partition coefficient (Wildman–Crippen LogP) is 2.11. The number of carbonyl (C=O) groups excluding carboxylic acids is 1. The fourth-order valence-corrected chi connectivity index (χ4v) is 1.49. The lowest BCUT2D eigenvalue weighted by Crippen LogP contribution is -2.10. The Morgan fingerprint density at radius 1 is 1.38 bits per heavy atom. The van der Waals surface area contributed by atoms with Crippen molar-refractivity contribution in [3.05, 3.63) is 30.5 Å². The smallest absolute Gasteiger partial charge is 0.313 e. The van der Waals surface area contributed by atoms with Gasteiger partial charge in [0.25, 0.3) is 0 Å². The van der Waals surface area contributed by atoms with Gasteiger partial charge in [0.05, 0.1) is 13.0 Å². The maximum atomic E-state index is 11.4. The number of rotatable bonds is 4. The van der Waals surface area contributed by atoms with Gasteiger partial charge in [-0.15, -0.1) is 0 Å². The van der Waals surface area contributed by atoms with Crippen LogP contribution >= 0.6 is 0 Å². The third kappa shape index (κ3) is 2.23. The zero-order chi connectivity index (χ0) is 11.4. The number of para-hydroxylation sites is 1. The average molecular weight is 219 g/mol. The molecule has 1 aromatic heterocycles. The predicted molar refractivity (Wildman–Crippen MR) is 60.4 cm³/mol. The summed E-state index contributed by atoms with van der Waals surface area (Å²) in [5.74, 6) is 0.281. The van der Waals surface area contributed by atoms with Crippen LogP contribution in [0.25, 0.3) is 10.9 Å². The number of methoxy groups -OCH3 is 1. The molecular formula is C12H13NO3. The van der Waals surface area contributed by atoms with Gasteiger partial charge in [-0.2, -0.15) is 0 Å². The lowest BCUT2D eigenvalue weighted by Gasteiger charge is -2.01. The molecule has 2 rings (SSSR count). The van der Waals surface area contributed by atoms with Crippen LogP contribution in [0, 0.1) is 0 Å². The van der Waals surface area contributed by atoms with Crippen LogP contribution < -0.4 is 4.74 Å². The molecule has 2 aromatic rings. The first kappa shape index (κ1) is 10.7. The number of benzene rings is 1. The number of ether oxygens (including phenoxy) is 2. The van der Waals surface area contributed by atoms with Gasteiger partial charge < -0.3 is 14.5 Å². The van der Waals surface area contributed by atoms with Crippen molar-refractivity contribution in [2.75, 3.05) is 13.7 Å². The number of carbonyl (C=O) groups is 1. The first-order valence-electron chi connectivity index (χ1n) is 5.07. The van der Waals surface area contributed by atoms with Crippen molar-refractivity contribution in [3.8, 4) is 5.75 Å². The fraction of sp³-hybridized carbons (Fsp3) is 0.250. The van der Waals surface area contributed by atoms with Crippen LogP contribution in [0.5, 0.6) is 5.75 Å². The Morgan fingerprint density at radius 2 is 2.19 bits per heavy atom. The van der Waals surface area contributed by atoms with Crippen LogP contribution in [0.1, 0.15) is 6.42 Å². The van der Waals surface area contributed by atoms with E-state index in [2.05, 4.69) is 4.98 Å². The zero-order valence-electron chi connectivity index (χ0n) is 9.03. The molecule has 0 radical (unpaired) electrons. The Morgan fingerprint density at radius 3 is 3.00 bits per heavy atom. The van der Waals surface area contributed by atoms with Crippen LogP contribution in [0.4, 0.5) is 0 Å². The number of hydrogen-bond donors (Lipinski definition) is 1. The van der Waals surface area contributed by atoms with Crippen LogP contribution in [-0.4, -0.2) is 24.7 Å². The van der Waals surface area contributed by atoms with E-state index in [0.717, 1.165) is 10.9 Å². The molecule has 0 aliphatic rings. The number of fused-ring (bicyclic) bond motifs is 1. The van der Waals surface area contributed by atoms with Crippen molar-refractivity contribution >= 4 is 16.9 Å². The fourth-order valence-electron chi connectivity index (χ4n) is 1.49. The van der Waals surface area contributed by atoms with E-state index in [9.17, 15) is 4.79 Å². The van der Waals surface area contributed by atoms with E-state index in [1.165, 1.54) is 0 Å². The molecule has 0 saturated carbocycles. The summed E-state index contributed by atoms with van der Waals surface area (Å²) in [5.41, 5.74) is 0.956. The molecule has 0 amide bonds. The summed E-state index contributed by atoms with van der Waals surface area (Å²) in [4.78, 5) is 14.4. The third-order valence-electron chi connectivity index (χ3n) is 2.29. The Hall–Kier alpha value is -1.81. The highest BCUT2D eigenvalue weighted by Gasteiger charge is 2.08. The number of aromatic amines is 1. The highest BCUT2D eigenvalue weighted by atomic mass is 16.5. The standard InChI is InChI=1S/C12H13NO3/c1-15-7-6-12(14)16-11-8-13-10-5-3-2-4-9(10)11/h2-5,8,13H,6-7H2,1H3. The second-order valence-corrected chi connectivity index (χ2v) is 3.42. The lowest BCUT2D eigenvalue weighted by molar-refractivity contribution is -0.135. The van der Waals surface area contributed by atoms with Gasteiger partial charge >= 0.3 is 5.97 Å². The van der Waals surface area contributed by atoms with Crippen LogP contribution in [0.3, 0.4) is 0 Å². The highest BCUT2D eigenvalue weighted by Crippen LogP contribution is 2.24. The maximum Gasteiger partial charge on any atom is 0.313 e. The molecule has 4 heteroatoms. The minimum absolute atomic E-state index is 0.260. The molecule has 1 heterocycles. The Bertz CT molecular complexity index is 490. The molecular weight excluding hydrogens is 206 g/mol. The molecule has 0 spiro atoms. The average Bonchev–Trinajstić information content (AvgIpc) is 2.70. The number of hydrogen-bond acceptors (Lipinski definition) is 3. The van der Waals surface area contributed by atoms with Gasteiger partial charge in [0.1, 0.15) is 0 Å². The van der Waals surface area contributed by atoms with Gasteiger partial charge in [0.2, 0.25) is 0 Å². The first-order chi connectivity index (χ1) is 7.81. The van der Waals surface area contributed by atoms with Crippen molar-refractivity contribution < 1.29 is 14.3 Å². The van der Waals surface area contributed by atoms with E-state index in [1.54, 1.807) is 13.3 Å². The minimum atomic E-state index is -0.286. The van der Waals surface area contributed by atoms with E-state index in [4.69, 9.17) is 9.47 Å². The summed E-state index contributed by atoms with van der Waals surface area (Å²) in [6, 6.07) is 7.67. The number of H-pyrrole nitrogens is 1. The number of aromatic nitrogens is 1. The van der Waals surface area contributed by atoms with Crippen molar-refractivity contribution in [3.63, 3.8) is 0 Å². The summed E-state index contributed by atoms with van der Waals surface area (Å²) < 4.78 is 10.0. The van der Waals surface area contributed by atoms with E-state index in [-0.39, 0.29) is 12.4 Å². The molecule has 0 aliphatic carbocycles. The van der Waals surface area contributed by atoms with E-state index in [0.29, 0.717) is 12.4 Å². The topological polar surface area (TPSA) is 51.3 Å². The molecule has 0 atom stereocenters. The largest absolute Gasteiger partial charge is 0.424 e. The Balaban J connectivity index is 2.12. The lowest BCUT2D eigenvalue weighted by atomic mass is 10.2. The molecule has 84 valence electrons. The number of esters is 1. The van der Waals surface area contributed by atoms with Gasteiger partial charge in [0.15, 0.2) is 5.75 Å². The Kier molecular flexibility index (Phi) is 3.22. The van der Waals surface area contributed by atoms with Gasteiger partial charge in [-0.25, -0.2) is 0 Å². The maximum absolute atomic E-state index is 11.4. The monoisotopic (exact) mass is 219 g/mol. The first-order valence-corrected chi connectivity index (χ1v) is 5.07. The van der Waals surface area contributed by atoms with Crippen molar-refractivity contribution in [1.82, 2.24) is 4.98 Å². The Labute approximate surface area is 93.2 Å². The summed E-state index contributed by atoms with van der Waals surface area (Å²) in [6.07, 6.45) is 1.95. The van der Waals surface area contributed by atoms with Crippen molar-refractivity contribution in [2.45, 2.75) is 6.42 Å². The van der Waals surface area contributed by atoms with E-state index < -0.39 is 0 Å². The van der Waals surface area contributed by atoms with E-state index in [1.807, 2.05) is 24.3 Å². The summed E-state index contributed by atoms with van der Waals surface area (Å²) in [7, 11) is 1.55. The zero-order valence-corrected chi connectivity index (χ0v) is 9.03. The van der Waals surface area contributed by atoms with Crippen molar-refractivity contribution in [1.29, 1.82) is 0 Å². The summed E-state index contributed by atoms with van der Waals surface area (Å²) >= 11 is 0. The van der Waals surface area contributed by atoms with Gasteiger partial charge in [-0.3, -0.25) is 4.79 Å². The number of nitrogens with one attached hydrogen (secondary N) is 1. The molecule has 1 aromatic carbocycles. The molecule has 0 fully saturated rings. The molecule has 0 bridgehead atoms. The van der Waals surface area contributed by atoms with Gasteiger partial charge in [-0.05, 0) is 12.1 Å². The summed E-state index contributed by atoms with van der Waals surface area (Å²) in [5, 5.41) is 0.910. The summed E-state index contributed by atoms with van der Waals surface area (Å²) in [6.45, 7) is 0.376.